The van der Waals surface area contributed by atoms with Crippen molar-refractivity contribution in [3.05, 3.63) is 29.6 Å². The highest BCUT2D eigenvalue weighted by atomic mass is 19.4. The summed E-state index contributed by atoms with van der Waals surface area (Å²) in [4.78, 5) is 12.1. The van der Waals surface area contributed by atoms with E-state index in [0.29, 0.717) is 24.9 Å². The van der Waals surface area contributed by atoms with E-state index in [-0.39, 0.29) is 18.5 Å². The zero-order chi connectivity index (χ0) is 14.0. The average molecular weight is 275 g/mol. The van der Waals surface area contributed by atoms with Crippen LogP contribution in [-0.4, -0.2) is 25.6 Å². The standard InChI is InChI=1S/C13H13F4NO/c14-11-4-9(8-19)5-12(6-11)18-3-1-2-10(7-18)13(15,16)17/h4-6,8,10H,1-3,7H2. The van der Waals surface area contributed by atoms with Crippen molar-refractivity contribution in [1.82, 2.24) is 0 Å². The fraction of sp³-hybridized carbons (Fsp3) is 0.462. The van der Waals surface area contributed by atoms with Crippen LogP contribution in [0.4, 0.5) is 23.2 Å². The molecular weight excluding hydrogens is 262 g/mol. The summed E-state index contributed by atoms with van der Waals surface area (Å²) >= 11 is 0. The number of anilines is 1. The van der Waals surface area contributed by atoms with Gasteiger partial charge in [0.25, 0.3) is 0 Å². The van der Waals surface area contributed by atoms with Crippen LogP contribution in [0, 0.1) is 11.7 Å². The van der Waals surface area contributed by atoms with E-state index in [0.717, 1.165) is 12.1 Å². The Bertz CT molecular complexity index is 472. The van der Waals surface area contributed by atoms with Gasteiger partial charge in [-0.2, -0.15) is 13.2 Å². The number of benzene rings is 1. The van der Waals surface area contributed by atoms with Crippen molar-refractivity contribution >= 4 is 12.0 Å². The summed E-state index contributed by atoms with van der Waals surface area (Å²) < 4.78 is 51.4. The van der Waals surface area contributed by atoms with Gasteiger partial charge in [0, 0.05) is 24.3 Å². The maximum absolute atomic E-state index is 13.3. The molecule has 1 atom stereocenters. The number of hydrogen-bond donors (Lipinski definition) is 0. The summed E-state index contributed by atoms with van der Waals surface area (Å²) in [5.74, 6) is -2.02. The highest BCUT2D eigenvalue weighted by Crippen LogP contribution is 2.35. The van der Waals surface area contributed by atoms with Gasteiger partial charge in [0.1, 0.15) is 12.1 Å². The topological polar surface area (TPSA) is 20.3 Å². The number of carbonyl (C=O) groups is 1. The SMILES string of the molecule is O=Cc1cc(F)cc(N2CCCC(C(F)(F)F)C2)c1. The molecule has 1 heterocycles. The Morgan fingerprint density at radius 2 is 2.00 bits per heavy atom. The van der Waals surface area contributed by atoms with Crippen LogP contribution in [-0.2, 0) is 0 Å². The van der Waals surface area contributed by atoms with E-state index >= 15 is 0 Å². The molecule has 104 valence electrons. The van der Waals surface area contributed by atoms with E-state index in [2.05, 4.69) is 0 Å². The van der Waals surface area contributed by atoms with Gasteiger partial charge in [-0.1, -0.05) is 0 Å². The Morgan fingerprint density at radius 1 is 1.26 bits per heavy atom. The molecule has 0 aromatic heterocycles. The highest BCUT2D eigenvalue weighted by Gasteiger charge is 2.41. The normalized spacial score (nSPS) is 20.4. The third kappa shape index (κ3) is 3.24. The smallest absolute Gasteiger partial charge is 0.371 e. The molecule has 0 spiro atoms. The van der Waals surface area contributed by atoms with E-state index in [9.17, 15) is 22.4 Å². The molecule has 0 radical (unpaired) electrons. The second-order valence-electron chi connectivity index (χ2n) is 4.69. The summed E-state index contributed by atoms with van der Waals surface area (Å²) in [6, 6.07) is 3.63. The first kappa shape index (κ1) is 13.8. The summed E-state index contributed by atoms with van der Waals surface area (Å²) in [5.41, 5.74) is 0.459. The fourth-order valence-corrected chi connectivity index (χ4v) is 2.33. The molecule has 6 heteroatoms. The van der Waals surface area contributed by atoms with E-state index in [4.69, 9.17) is 0 Å². The van der Waals surface area contributed by atoms with Crippen LogP contribution in [0.3, 0.4) is 0 Å². The zero-order valence-electron chi connectivity index (χ0n) is 10.1. The van der Waals surface area contributed by atoms with Gasteiger partial charge in [-0.3, -0.25) is 4.79 Å². The maximum Gasteiger partial charge on any atom is 0.393 e. The van der Waals surface area contributed by atoms with Crippen molar-refractivity contribution in [3.63, 3.8) is 0 Å². The minimum absolute atomic E-state index is 0.0931. The third-order valence-electron chi connectivity index (χ3n) is 3.29. The molecule has 0 aliphatic carbocycles. The quantitative estimate of drug-likeness (QED) is 0.609. The summed E-state index contributed by atoms with van der Waals surface area (Å²) in [7, 11) is 0. The predicted molar refractivity (Wildman–Crippen MR) is 62.8 cm³/mol. The van der Waals surface area contributed by atoms with Gasteiger partial charge in [0.15, 0.2) is 0 Å². The van der Waals surface area contributed by atoms with Gasteiger partial charge in [0.2, 0.25) is 0 Å². The van der Waals surface area contributed by atoms with Crippen LogP contribution in [0.15, 0.2) is 18.2 Å². The first-order valence-corrected chi connectivity index (χ1v) is 5.97. The zero-order valence-corrected chi connectivity index (χ0v) is 10.1. The van der Waals surface area contributed by atoms with Crippen LogP contribution in [0.25, 0.3) is 0 Å². The highest BCUT2D eigenvalue weighted by molar-refractivity contribution is 5.77. The Labute approximate surface area is 108 Å². The molecule has 1 unspecified atom stereocenters. The van der Waals surface area contributed by atoms with E-state index in [1.807, 2.05) is 0 Å². The Kier molecular flexibility index (Phi) is 3.78. The first-order valence-electron chi connectivity index (χ1n) is 5.97. The molecule has 1 aromatic carbocycles. The number of aldehydes is 1. The molecule has 0 amide bonds. The summed E-state index contributed by atoms with van der Waals surface area (Å²) in [6.07, 6.45) is -3.26. The number of carbonyl (C=O) groups excluding carboxylic acids is 1. The molecule has 1 fully saturated rings. The molecule has 19 heavy (non-hydrogen) atoms. The van der Waals surface area contributed by atoms with Crippen LogP contribution < -0.4 is 4.90 Å². The number of alkyl halides is 3. The van der Waals surface area contributed by atoms with Crippen molar-refractivity contribution < 1.29 is 22.4 Å². The van der Waals surface area contributed by atoms with Gasteiger partial charge in [-0.25, -0.2) is 4.39 Å². The molecule has 1 aliphatic rings. The second kappa shape index (κ2) is 5.19. The minimum atomic E-state index is -4.24. The minimum Gasteiger partial charge on any atom is -0.371 e. The molecule has 0 bridgehead atoms. The molecule has 0 saturated carbocycles. The lowest BCUT2D eigenvalue weighted by molar-refractivity contribution is -0.175. The van der Waals surface area contributed by atoms with Crippen molar-refractivity contribution in [2.75, 3.05) is 18.0 Å². The third-order valence-corrected chi connectivity index (χ3v) is 3.29. The van der Waals surface area contributed by atoms with Gasteiger partial charge >= 0.3 is 6.18 Å². The average Bonchev–Trinajstić information content (AvgIpc) is 2.37. The van der Waals surface area contributed by atoms with Crippen LogP contribution in [0.2, 0.25) is 0 Å². The largest absolute Gasteiger partial charge is 0.393 e. The van der Waals surface area contributed by atoms with Gasteiger partial charge < -0.3 is 4.90 Å². The number of halogens is 4. The Morgan fingerprint density at radius 3 is 2.63 bits per heavy atom. The van der Waals surface area contributed by atoms with Crippen molar-refractivity contribution in [2.24, 2.45) is 5.92 Å². The van der Waals surface area contributed by atoms with Gasteiger partial charge in [0.05, 0.1) is 5.92 Å². The van der Waals surface area contributed by atoms with Crippen molar-refractivity contribution in [2.45, 2.75) is 19.0 Å². The molecule has 2 rings (SSSR count). The van der Waals surface area contributed by atoms with Crippen molar-refractivity contribution in [3.8, 4) is 0 Å². The second-order valence-corrected chi connectivity index (χ2v) is 4.69. The molecule has 1 aliphatic heterocycles. The molecular formula is C13H13F4NO. The fourth-order valence-electron chi connectivity index (χ4n) is 2.33. The van der Waals surface area contributed by atoms with Gasteiger partial charge in [-0.15, -0.1) is 0 Å². The lowest BCUT2D eigenvalue weighted by Crippen LogP contribution is -2.41. The maximum atomic E-state index is 13.3. The number of hydrogen-bond acceptors (Lipinski definition) is 2. The van der Waals surface area contributed by atoms with Crippen LogP contribution in [0.1, 0.15) is 23.2 Å². The lowest BCUT2D eigenvalue weighted by atomic mass is 9.97. The van der Waals surface area contributed by atoms with E-state index < -0.39 is 17.9 Å². The van der Waals surface area contributed by atoms with Crippen LogP contribution >= 0.6 is 0 Å². The number of nitrogens with zero attached hydrogens (tertiary/aromatic N) is 1. The van der Waals surface area contributed by atoms with Crippen molar-refractivity contribution in [1.29, 1.82) is 0 Å². The van der Waals surface area contributed by atoms with Gasteiger partial charge in [-0.05, 0) is 31.0 Å². The lowest BCUT2D eigenvalue weighted by Gasteiger charge is -2.35. The monoisotopic (exact) mass is 275 g/mol. The predicted octanol–water partition coefficient (Wildman–Crippen LogP) is 3.42. The molecule has 0 N–H and O–H groups in total. The first-order chi connectivity index (χ1) is 8.90. The molecule has 2 nitrogen and oxygen atoms in total. The summed E-state index contributed by atoms with van der Waals surface area (Å²) in [6.45, 7) is 0.250. The number of piperidine rings is 1. The number of rotatable bonds is 2. The Balaban J connectivity index is 2.22. The van der Waals surface area contributed by atoms with E-state index in [1.165, 1.54) is 11.0 Å². The Hall–Kier alpha value is -1.59. The van der Waals surface area contributed by atoms with E-state index in [1.54, 1.807) is 0 Å². The van der Waals surface area contributed by atoms with Crippen LogP contribution in [0.5, 0.6) is 0 Å². The molecule has 1 aromatic rings. The summed E-state index contributed by atoms with van der Waals surface area (Å²) in [5, 5.41) is 0. The molecule has 1 saturated heterocycles.